The summed E-state index contributed by atoms with van der Waals surface area (Å²) in [7, 11) is 0. The Balaban J connectivity index is 2.19. The number of allylic oxidation sites excluding steroid dienone is 4. The first kappa shape index (κ1) is 79.6. The lowest BCUT2D eigenvalue weighted by molar-refractivity contribution is -0.303. The Kier molecular flexibility index (Phi) is 58.4. The highest BCUT2D eigenvalue weighted by molar-refractivity contribution is 5.80. The molecule has 9 atom stereocenters. The summed E-state index contributed by atoms with van der Waals surface area (Å²) in [5.74, 6) is -0.699. The first-order valence-corrected chi connectivity index (χ1v) is 36.2. The van der Waals surface area contributed by atoms with Gasteiger partial charge in [0, 0.05) is 0 Å². The van der Waals surface area contributed by atoms with Crippen LogP contribution in [0.5, 0.6) is 0 Å². The van der Waals surface area contributed by atoms with E-state index in [-0.39, 0.29) is 12.8 Å². The molecule has 11 heteroatoms. The number of aliphatic hydroxyl groups excluding tert-OH is 7. The summed E-state index contributed by atoms with van der Waals surface area (Å²) in [6.45, 7) is 3.51. The van der Waals surface area contributed by atoms with E-state index in [4.69, 9.17) is 9.47 Å². The van der Waals surface area contributed by atoms with E-state index in [0.29, 0.717) is 12.8 Å². The van der Waals surface area contributed by atoms with E-state index < -0.39 is 74.2 Å². The predicted octanol–water partition coefficient (Wildman–Crippen LogP) is 17.6. The molecule has 0 aromatic carbocycles. The van der Waals surface area contributed by atoms with Crippen LogP contribution in [-0.2, 0) is 14.3 Å². The number of unbranched alkanes of at least 4 members (excludes halogenated alkanes) is 48. The zero-order chi connectivity index (χ0) is 60.3. The molecule has 0 aromatic heterocycles. The van der Waals surface area contributed by atoms with Crippen LogP contribution in [0.25, 0.3) is 0 Å². The predicted molar refractivity (Wildman–Crippen MR) is 349 cm³/mol. The van der Waals surface area contributed by atoms with E-state index in [1.807, 2.05) is 0 Å². The summed E-state index contributed by atoms with van der Waals surface area (Å²) in [5, 5.41) is 76.5. The van der Waals surface area contributed by atoms with Crippen LogP contribution in [0.3, 0.4) is 0 Å². The van der Waals surface area contributed by atoms with Crippen molar-refractivity contribution in [1.82, 2.24) is 5.32 Å². The molecule has 0 spiro atoms. The van der Waals surface area contributed by atoms with Crippen LogP contribution >= 0.6 is 0 Å². The summed E-state index contributed by atoms with van der Waals surface area (Å²) >= 11 is 0. The lowest BCUT2D eigenvalue weighted by atomic mass is 9.98. The standard InChI is InChI=1S/C72H139NO10/c1-3-5-7-9-11-13-15-17-19-21-23-25-27-29-30-31-32-33-34-36-38-40-42-44-46-48-50-52-54-56-58-60-65(76)71(81)73-63(62-82-72-70(80)69(79)68(78)66(61-74)83-72)67(77)64(75)59-57-55-53-51-49-47-45-43-41-39-37-35-28-26-24-22-20-18-16-14-12-10-8-6-4-2/h29-30,51,53,63-70,72,74-80H,3-28,31-50,52,54-62H2,1-2H3,(H,73,81)/b30-29-,53-51+. The quantitative estimate of drug-likeness (QED) is 0.0215. The summed E-state index contributed by atoms with van der Waals surface area (Å²) < 4.78 is 11.2. The van der Waals surface area contributed by atoms with Crippen LogP contribution in [0.15, 0.2) is 24.3 Å². The maximum atomic E-state index is 13.3. The van der Waals surface area contributed by atoms with Gasteiger partial charge >= 0.3 is 0 Å². The van der Waals surface area contributed by atoms with E-state index in [9.17, 15) is 40.5 Å². The van der Waals surface area contributed by atoms with Crippen LogP contribution in [-0.4, -0.2) is 110 Å². The molecule has 8 N–H and O–H groups in total. The smallest absolute Gasteiger partial charge is 0.249 e. The molecular weight excluding hydrogens is 1040 g/mol. The van der Waals surface area contributed by atoms with Crippen LogP contribution in [0.1, 0.15) is 361 Å². The maximum absolute atomic E-state index is 13.3. The van der Waals surface area contributed by atoms with E-state index in [1.165, 1.54) is 283 Å². The topological polar surface area (TPSA) is 189 Å². The first-order valence-electron chi connectivity index (χ1n) is 36.2. The second-order valence-electron chi connectivity index (χ2n) is 25.7. The van der Waals surface area contributed by atoms with Gasteiger partial charge in [-0.05, 0) is 64.2 Å². The third-order valence-electron chi connectivity index (χ3n) is 17.7. The molecule has 1 heterocycles. The largest absolute Gasteiger partial charge is 0.394 e. The molecule has 1 aliphatic heterocycles. The Labute approximate surface area is 512 Å². The third kappa shape index (κ3) is 48.2. The van der Waals surface area contributed by atoms with Crippen molar-refractivity contribution >= 4 is 5.91 Å². The molecule has 1 aliphatic rings. The molecule has 1 fully saturated rings. The van der Waals surface area contributed by atoms with Crippen molar-refractivity contribution in [2.45, 2.75) is 416 Å². The summed E-state index contributed by atoms with van der Waals surface area (Å²) in [5.41, 5.74) is 0. The van der Waals surface area contributed by atoms with E-state index in [2.05, 4.69) is 43.5 Å². The normalized spacial score (nSPS) is 19.1. The molecule has 0 radical (unpaired) electrons. The van der Waals surface area contributed by atoms with Crippen LogP contribution < -0.4 is 5.32 Å². The minimum absolute atomic E-state index is 0.257. The third-order valence-corrected chi connectivity index (χ3v) is 17.7. The molecule has 492 valence electrons. The summed E-state index contributed by atoms with van der Waals surface area (Å²) in [6, 6.07) is -1.18. The van der Waals surface area contributed by atoms with Crippen molar-refractivity contribution in [3.8, 4) is 0 Å². The van der Waals surface area contributed by atoms with Crippen LogP contribution in [0, 0.1) is 0 Å². The number of nitrogens with one attached hydrogen (secondary N) is 1. The number of carbonyl (C=O) groups excluding carboxylic acids is 1. The van der Waals surface area contributed by atoms with Crippen molar-refractivity contribution in [2.75, 3.05) is 13.2 Å². The van der Waals surface area contributed by atoms with Gasteiger partial charge in [-0.25, -0.2) is 0 Å². The second-order valence-corrected chi connectivity index (χ2v) is 25.7. The van der Waals surface area contributed by atoms with Gasteiger partial charge in [-0.1, -0.05) is 321 Å². The van der Waals surface area contributed by atoms with E-state index >= 15 is 0 Å². The Hall–Kier alpha value is -1.41. The van der Waals surface area contributed by atoms with Crippen molar-refractivity contribution in [3.63, 3.8) is 0 Å². The number of hydrogen-bond acceptors (Lipinski definition) is 10. The number of aliphatic hydroxyl groups is 7. The highest BCUT2D eigenvalue weighted by Crippen LogP contribution is 2.24. The van der Waals surface area contributed by atoms with Gasteiger partial charge in [-0.15, -0.1) is 0 Å². The van der Waals surface area contributed by atoms with Crippen molar-refractivity contribution in [3.05, 3.63) is 24.3 Å². The number of hydrogen-bond donors (Lipinski definition) is 8. The Morgan fingerprint density at radius 3 is 1.04 bits per heavy atom. The highest BCUT2D eigenvalue weighted by Gasteiger charge is 2.44. The fourth-order valence-electron chi connectivity index (χ4n) is 11.9. The zero-order valence-electron chi connectivity index (χ0n) is 54.5. The van der Waals surface area contributed by atoms with Gasteiger partial charge in [-0.2, -0.15) is 0 Å². The Morgan fingerprint density at radius 2 is 0.711 bits per heavy atom. The fraction of sp³-hybridized carbons (Fsp3) is 0.931. The molecule has 11 nitrogen and oxygen atoms in total. The number of rotatable bonds is 64. The average molecular weight is 1180 g/mol. The maximum Gasteiger partial charge on any atom is 0.249 e. The first-order chi connectivity index (χ1) is 40.7. The summed E-state index contributed by atoms with van der Waals surface area (Å²) in [4.78, 5) is 13.3. The second kappa shape index (κ2) is 60.9. The number of ether oxygens (including phenoxy) is 2. The molecule has 0 aliphatic carbocycles. The molecule has 1 rings (SSSR count). The number of amides is 1. The van der Waals surface area contributed by atoms with Gasteiger partial charge in [0.15, 0.2) is 6.29 Å². The SMILES string of the molecule is CCCCCCCCCCCCCC/C=C\CCCCCCCCCCCCCCCCCC(O)C(=O)NC(COC1OC(CO)C(O)C(O)C1O)C(O)C(O)CCC/C=C/CCCCCCCCCCCCCCCCCCCCCC. The molecule has 0 bridgehead atoms. The van der Waals surface area contributed by atoms with Crippen molar-refractivity contribution in [1.29, 1.82) is 0 Å². The molecular formula is C72H139NO10. The van der Waals surface area contributed by atoms with Crippen molar-refractivity contribution in [2.24, 2.45) is 0 Å². The minimum Gasteiger partial charge on any atom is -0.394 e. The number of carbonyl (C=O) groups is 1. The molecule has 0 aromatic rings. The average Bonchev–Trinajstić information content (AvgIpc) is 3.69. The fourth-order valence-corrected chi connectivity index (χ4v) is 11.9. The van der Waals surface area contributed by atoms with Gasteiger partial charge in [0.1, 0.15) is 36.6 Å². The molecule has 1 amide bonds. The van der Waals surface area contributed by atoms with Crippen molar-refractivity contribution < 1.29 is 50.0 Å². The molecule has 0 saturated carbocycles. The van der Waals surface area contributed by atoms with Crippen LogP contribution in [0.4, 0.5) is 0 Å². The minimum atomic E-state index is -1.67. The summed E-state index contributed by atoms with van der Waals surface area (Å²) in [6.07, 6.45) is 65.6. The van der Waals surface area contributed by atoms with Gasteiger partial charge in [0.25, 0.3) is 0 Å². The Bertz CT molecular complexity index is 1400. The lowest BCUT2D eigenvalue weighted by Crippen LogP contribution is -2.60. The van der Waals surface area contributed by atoms with Gasteiger partial charge in [0.2, 0.25) is 5.91 Å². The Morgan fingerprint density at radius 1 is 0.410 bits per heavy atom. The molecule has 1 saturated heterocycles. The van der Waals surface area contributed by atoms with Gasteiger partial charge < -0.3 is 50.5 Å². The zero-order valence-corrected chi connectivity index (χ0v) is 54.5. The monoisotopic (exact) mass is 1180 g/mol. The van der Waals surface area contributed by atoms with Crippen LogP contribution in [0.2, 0.25) is 0 Å². The van der Waals surface area contributed by atoms with E-state index in [1.54, 1.807) is 0 Å². The van der Waals surface area contributed by atoms with E-state index in [0.717, 1.165) is 38.5 Å². The molecule has 9 unspecified atom stereocenters. The molecule has 83 heavy (non-hydrogen) atoms. The highest BCUT2D eigenvalue weighted by atomic mass is 16.7. The van der Waals surface area contributed by atoms with Gasteiger partial charge in [0.05, 0.1) is 25.4 Å². The van der Waals surface area contributed by atoms with Gasteiger partial charge in [-0.3, -0.25) is 4.79 Å². The lowest BCUT2D eigenvalue weighted by Gasteiger charge is -2.40.